The van der Waals surface area contributed by atoms with Crippen LogP contribution in [-0.4, -0.2) is 31.9 Å². The molecule has 0 radical (unpaired) electrons. The molecule has 7 heteroatoms. The van der Waals surface area contributed by atoms with Crippen LogP contribution in [0.3, 0.4) is 0 Å². The Balaban J connectivity index is 2.04. The van der Waals surface area contributed by atoms with Crippen LogP contribution in [0, 0.1) is 0 Å². The summed E-state index contributed by atoms with van der Waals surface area (Å²) in [6.45, 7) is 7.77. The van der Waals surface area contributed by atoms with E-state index in [0.717, 1.165) is 28.6 Å². The van der Waals surface area contributed by atoms with Crippen molar-refractivity contribution in [2.45, 2.75) is 33.6 Å². The summed E-state index contributed by atoms with van der Waals surface area (Å²) >= 11 is 3.51. The molecule has 156 valence electrons. The Labute approximate surface area is 180 Å². The lowest BCUT2D eigenvalue weighted by molar-refractivity contribution is 0.0955. The molecule has 0 aromatic heterocycles. The van der Waals surface area contributed by atoms with Gasteiger partial charge in [0, 0.05) is 5.56 Å². The number of nitrogens with one attached hydrogen (secondary N) is 1. The minimum Gasteiger partial charge on any atom is -0.494 e. The fraction of sp³-hybridized carbons (Fsp3) is 0.364. The highest BCUT2D eigenvalue weighted by Gasteiger charge is 2.12. The second kappa shape index (κ2) is 12.1. The van der Waals surface area contributed by atoms with E-state index in [1.807, 2.05) is 32.9 Å². The number of benzene rings is 2. The van der Waals surface area contributed by atoms with E-state index in [1.54, 1.807) is 30.5 Å². The summed E-state index contributed by atoms with van der Waals surface area (Å²) in [6.07, 6.45) is 3.40. The van der Waals surface area contributed by atoms with E-state index in [9.17, 15) is 4.79 Å². The van der Waals surface area contributed by atoms with Crippen molar-refractivity contribution in [3.05, 3.63) is 52.0 Å². The molecule has 0 fully saturated rings. The van der Waals surface area contributed by atoms with Crippen LogP contribution in [-0.2, 0) is 0 Å². The third-order valence-electron chi connectivity index (χ3n) is 3.75. The Morgan fingerprint density at radius 1 is 1.03 bits per heavy atom. The SMILES string of the molecule is CCCOc1ccc(C(=O)N/N=C\c2cc(Br)c(OCCC)c(OCC)c2)cc1. The molecule has 0 heterocycles. The first-order chi connectivity index (χ1) is 14.1. The Kier molecular flexibility index (Phi) is 9.50. The molecular weight excluding hydrogens is 436 g/mol. The average molecular weight is 463 g/mol. The number of ether oxygens (including phenoxy) is 3. The molecule has 6 nitrogen and oxygen atoms in total. The number of nitrogens with zero attached hydrogens (tertiary/aromatic N) is 1. The lowest BCUT2D eigenvalue weighted by Crippen LogP contribution is -2.17. The second-order valence-corrected chi connectivity index (χ2v) is 7.04. The van der Waals surface area contributed by atoms with Crippen molar-refractivity contribution >= 4 is 28.1 Å². The maximum Gasteiger partial charge on any atom is 0.271 e. The smallest absolute Gasteiger partial charge is 0.271 e. The summed E-state index contributed by atoms with van der Waals surface area (Å²) < 4.78 is 17.7. The molecule has 1 N–H and O–H groups in total. The zero-order valence-corrected chi connectivity index (χ0v) is 18.6. The van der Waals surface area contributed by atoms with Gasteiger partial charge in [-0.15, -0.1) is 0 Å². The second-order valence-electron chi connectivity index (χ2n) is 6.18. The van der Waals surface area contributed by atoms with Crippen molar-refractivity contribution in [3.8, 4) is 17.2 Å². The predicted molar refractivity (Wildman–Crippen MR) is 118 cm³/mol. The predicted octanol–water partition coefficient (Wildman–Crippen LogP) is 5.19. The van der Waals surface area contributed by atoms with E-state index in [0.29, 0.717) is 36.9 Å². The Bertz CT molecular complexity index is 822. The van der Waals surface area contributed by atoms with Gasteiger partial charge in [-0.25, -0.2) is 5.43 Å². The van der Waals surface area contributed by atoms with Gasteiger partial charge < -0.3 is 14.2 Å². The van der Waals surface area contributed by atoms with Crippen molar-refractivity contribution in [2.75, 3.05) is 19.8 Å². The Morgan fingerprint density at radius 3 is 2.38 bits per heavy atom. The third-order valence-corrected chi connectivity index (χ3v) is 4.34. The fourth-order valence-corrected chi connectivity index (χ4v) is 3.00. The zero-order valence-electron chi connectivity index (χ0n) is 17.0. The number of carbonyl (C=O) groups excluding carboxylic acids is 1. The molecule has 0 aliphatic rings. The topological polar surface area (TPSA) is 69.2 Å². The Morgan fingerprint density at radius 2 is 1.72 bits per heavy atom. The average Bonchev–Trinajstić information content (AvgIpc) is 2.72. The summed E-state index contributed by atoms with van der Waals surface area (Å²) in [7, 11) is 0. The highest BCUT2D eigenvalue weighted by atomic mass is 79.9. The quantitative estimate of drug-likeness (QED) is 0.368. The normalized spacial score (nSPS) is 10.8. The van der Waals surface area contributed by atoms with E-state index in [1.165, 1.54) is 0 Å². The van der Waals surface area contributed by atoms with Crippen molar-refractivity contribution in [1.82, 2.24) is 5.43 Å². The van der Waals surface area contributed by atoms with Gasteiger partial charge >= 0.3 is 0 Å². The maximum absolute atomic E-state index is 12.2. The van der Waals surface area contributed by atoms with Gasteiger partial charge in [-0.05, 0) is 77.7 Å². The molecule has 0 aliphatic carbocycles. The van der Waals surface area contributed by atoms with Gasteiger partial charge in [-0.3, -0.25) is 4.79 Å². The first kappa shape index (κ1) is 22.7. The van der Waals surface area contributed by atoms with Gasteiger partial charge in [-0.1, -0.05) is 13.8 Å². The molecule has 0 saturated carbocycles. The van der Waals surface area contributed by atoms with Crippen LogP contribution in [0.25, 0.3) is 0 Å². The minimum atomic E-state index is -0.296. The number of amides is 1. The monoisotopic (exact) mass is 462 g/mol. The summed E-state index contributed by atoms with van der Waals surface area (Å²) in [5, 5.41) is 4.05. The number of hydrogen-bond acceptors (Lipinski definition) is 5. The first-order valence-corrected chi connectivity index (χ1v) is 10.5. The van der Waals surface area contributed by atoms with Gasteiger partial charge in [0.25, 0.3) is 5.91 Å². The van der Waals surface area contributed by atoms with Crippen LogP contribution in [0.15, 0.2) is 46.0 Å². The molecule has 29 heavy (non-hydrogen) atoms. The van der Waals surface area contributed by atoms with Crippen LogP contribution in [0.2, 0.25) is 0 Å². The number of carbonyl (C=O) groups is 1. The van der Waals surface area contributed by atoms with Crippen LogP contribution < -0.4 is 19.6 Å². The van der Waals surface area contributed by atoms with Crippen molar-refractivity contribution < 1.29 is 19.0 Å². The van der Waals surface area contributed by atoms with Gasteiger partial charge in [0.2, 0.25) is 0 Å². The molecule has 0 atom stereocenters. The highest BCUT2D eigenvalue weighted by Crippen LogP contribution is 2.36. The minimum absolute atomic E-state index is 0.296. The molecule has 0 bridgehead atoms. The molecule has 0 aliphatic heterocycles. The maximum atomic E-state index is 12.2. The summed E-state index contributed by atoms with van der Waals surface area (Å²) in [6, 6.07) is 10.7. The molecule has 1 amide bonds. The zero-order chi connectivity index (χ0) is 21.1. The summed E-state index contributed by atoms with van der Waals surface area (Å²) in [5.41, 5.74) is 3.81. The number of hydrazone groups is 1. The van der Waals surface area contributed by atoms with Gasteiger partial charge in [0.05, 0.1) is 30.5 Å². The lowest BCUT2D eigenvalue weighted by atomic mass is 10.2. The van der Waals surface area contributed by atoms with Crippen molar-refractivity contribution in [2.24, 2.45) is 5.10 Å². The van der Waals surface area contributed by atoms with E-state index in [4.69, 9.17) is 14.2 Å². The molecule has 0 saturated heterocycles. The van der Waals surface area contributed by atoms with Crippen LogP contribution in [0.5, 0.6) is 17.2 Å². The largest absolute Gasteiger partial charge is 0.494 e. The third kappa shape index (κ3) is 7.09. The fourth-order valence-electron chi connectivity index (χ4n) is 2.42. The van der Waals surface area contributed by atoms with Crippen LogP contribution in [0.1, 0.15) is 49.5 Å². The van der Waals surface area contributed by atoms with Crippen molar-refractivity contribution in [1.29, 1.82) is 0 Å². The standard InChI is InChI=1S/C22H27BrN2O4/c1-4-11-28-18-9-7-17(8-10-18)22(26)25-24-15-16-13-19(23)21(29-12-5-2)20(14-16)27-6-3/h7-10,13-15H,4-6,11-12H2,1-3H3,(H,25,26)/b24-15-. The summed E-state index contributed by atoms with van der Waals surface area (Å²) in [5.74, 6) is 1.74. The van der Waals surface area contributed by atoms with Crippen LogP contribution in [0.4, 0.5) is 0 Å². The highest BCUT2D eigenvalue weighted by molar-refractivity contribution is 9.10. The lowest BCUT2D eigenvalue weighted by Gasteiger charge is -2.14. The number of hydrogen-bond donors (Lipinski definition) is 1. The van der Waals surface area contributed by atoms with E-state index >= 15 is 0 Å². The molecule has 2 aromatic rings. The molecule has 2 aromatic carbocycles. The molecule has 0 unspecified atom stereocenters. The number of halogens is 1. The van der Waals surface area contributed by atoms with E-state index in [-0.39, 0.29) is 5.91 Å². The molecular formula is C22H27BrN2O4. The van der Waals surface area contributed by atoms with Crippen LogP contribution >= 0.6 is 15.9 Å². The van der Waals surface area contributed by atoms with E-state index in [2.05, 4.69) is 26.5 Å². The summed E-state index contributed by atoms with van der Waals surface area (Å²) in [4.78, 5) is 12.2. The van der Waals surface area contributed by atoms with Gasteiger partial charge in [0.15, 0.2) is 11.5 Å². The Hall–Kier alpha value is -2.54. The van der Waals surface area contributed by atoms with Crippen molar-refractivity contribution in [3.63, 3.8) is 0 Å². The van der Waals surface area contributed by atoms with E-state index < -0.39 is 0 Å². The van der Waals surface area contributed by atoms with Gasteiger partial charge in [0.1, 0.15) is 5.75 Å². The first-order valence-electron chi connectivity index (χ1n) is 9.74. The van der Waals surface area contributed by atoms with Gasteiger partial charge in [-0.2, -0.15) is 5.10 Å². The molecule has 0 spiro atoms. The number of rotatable bonds is 11. The molecule has 2 rings (SSSR count).